The summed E-state index contributed by atoms with van der Waals surface area (Å²) in [6, 6.07) is 12.8. The Morgan fingerprint density at radius 3 is 2.35 bits per heavy atom. The van der Waals surface area contributed by atoms with Crippen molar-refractivity contribution in [3.63, 3.8) is 0 Å². The zero-order valence-corrected chi connectivity index (χ0v) is 15.9. The standard InChI is InChI=1S/C19H19Cl2N3O2/c1-12(2)17(23-18(25)14-4-3-5-16(21)10-14)19(26)24-22-11-13-6-8-15(20)9-7-13/h3-12,17H,1-2H3,(H,23,25)(H,24,26)/b22-11+. The Bertz CT molecular complexity index is 805. The molecule has 0 aliphatic carbocycles. The van der Waals surface area contributed by atoms with Crippen LogP contribution in [0.4, 0.5) is 0 Å². The van der Waals surface area contributed by atoms with E-state index < -0.39 is 11.9 Å². The summed E-state index contributed by atoms with van der Waals surface area (Å²) in [5, 5.41) is 7.72. The van der Waals surface area contributed by atoms with E-state index >= 15 is 0 Å². The molecule has 0 aliphatic heterocycles. The van der Waals surface area contributed by atoms with Gasteiger partial charge in [-0.15, -0.1) is 0 Å². The molecule has 1 atom stereocenters. The summed E-state index contributed by atoms with van der Waals surface area (Å²) >= 11 is 11.7. The molecular formula is C19H19Cl2N3O2. The van der Waals surface area contributed by atoms with Gasteiger partial charge in [0.25, 0.3) is 11.8 Å². The molecule has 0 bridgehead atoms. The van der Waals surface area contributed by atoms with Crippen molar-refractivity contribution in [3.8, 4) is 0 Å². The van der Waals surface area contributed by atoms with Gasteiger partial charge in [0.2, 0.25) is 0 Å². The molecule has 0 heterocycles. The number of rotatable bonds is 6. The van der Waals surface area contributed by atoms with Crippen LogP contribution in [0.15, 0.2) is 53.6 Å². The first-order chi connectivity index (χ1) is 12.4. The lowest BCUT2D eigenvalue weighted by atomic mass is 10.0. The van der Waals surface area contributed by atoms with Gasteiger partial charge in [0.05, 0.1) is 6.21 Å². The Balaban J connectivity index is 2.00. The number of amides is 2. The number of nitrogens with one attached hydrogen (secondary N) is 2. The van der Waals surface area contributed by atoms with Crippen LogP contribution in [0.5, 0.6) is 0 Å². The molecule has 0 fully saturated rings. The second kappa shape index (κ2) is 9.36. The van der Waals surface area contributed by atoms with Gasteiger partial charge in [-0.05, 0) is 41.8 Å². The zero-order valence-electron chi connectivity index (χ0n) is 14.4. The fourth-order valence-corrected chi connectivity index (χ4v) is 2.49. The fraction of sp³-hybridized carbons (Fsp3) is 0.211. The van der Waals surface area contributed by atoms with Crippen LogP contribution in [0.3, 0.4) is 0 Å². The van der Waals surface area contributed by atoms with Gasteiger partial charge in [-0.1, -0.05) is 55.2 Å². The third-order valence-corrected chi connectivity index (χ3v) is 4.07. The predicted octanol–water partition coefficient (Wildman–Crippen LogP) is 3.90. The van der Waals surface area contributed by atoms with Gasteiger partial charge in [-0.2, -0.15) is 5.10 Å². The number of benzene rings is 2. The molecule has 0 spiro atoms. The Morgan fingerprint density at radius 1 is 1.04 bits per heavy atom. The maximum absolute atomic E-state index is 12.4. The van der Waals surface area contributed by atoms with Crippen LogP contribution in [0.25, 0.3) is 0 Å². The lowest BCUT2D eigenvalue weighted by Gasteiger charge is -2.20. The third-order valence-electron chi connectivity index (χ3n) is 3.58. The molecule has 5 nitrogen and oxygen atoms in total. The number of carbonyl (C=O) groups is 2. The molecule has 7 heteroatoms. The lowest BCUT2D eigenvalue weighted by molar-refractivity contribution is -0.123. The summed E-state index contributed by atoms with van der Waals surface area (Å²) in [7, 11) is 0. The summed E-state index contributed by atoms with van der Waals surface area (Å²) in [6.07, 6.45) is 1.50. The Labute approximate surface area is 162 Å². The number of hydrazone groups is 1. The van der Waals surface area contributed by atoms with E-state index in [1.54, 1.807) is 48.5 Å². The molecule has 1 unspecified atom stereocenters. The average molecular weight is 392 g/mol. The van der Waals surface area contributed by atoms with Crippen LogP contribution < -0.4 is 10.7 Å². The molecule has 0 saturated carbocycles. The molecule has 0 aromatic heterocycles. The van der Waals surface area contributed by atoms with Gasteiger partial charge in [0, 0.05) is 15.6 Å². The van der Waals surface area contributed by atoms with Crippen LogP contribution in [-0.2, 0) is 4.79 Å². The highest BCUT2D eigenvalue weighted by Gasteiger charge is 2.24. The second-order valence-electron chi connectivity index (χ2n) is 5.99. The third kappa shape index (κ3) is 5.86. The van der Waals surface area contributed by atoms with E-state index in [-0.39, 0.29) is 11.8 Å². The zero-order chi connectivity index (χ0) is 19.1. The first-order valence-electron chi connectivity index (χ1n) is 8.01. The molecule has 0 aliphatic rings. The van der Waals surface area contributed by atoms with E-state index in [4.69, 9.17) is 23.2 Å². The Kier molecular flexibility index (Phi) is 7.18. The topological polar surface area (TPSA) is 70.6 Å². The highest BCUT2D eigenvalue weighted by Crippen LogP contribution is 2.12. The summed E-state index contributed by atoms with van der Waals surface area (Å²) in [5.41, 5.74) is 3.63. The highest BCUT2D eigenvalue weighted by atomic mass is 35.5. The summed E-state index contributed by atoms with van der Waals surface area (Å²) in [4.78, 5) is 24.7. The summed E-state index contributed by atoms with van der Waals surface area (Å²) in [6.45, 7) is 3.68. The number of nitrogens with zero attached hydrogens (tertiary/aromatic N) is 1. The van der Waals surface area contributed by atoms with E-state index in [0.29, 0.717) is 15.6 Å². The minimum atomic E-state index is -0.733. The van der Waals surface area contributed by atoms with Crippen molar-refractivity contribution in [1.29, 1.82) is 0 Å². The van der Waals surface area contributed by atoms with Crippen molar-refractivity contribution in [3.05, 3.63) is 69.7 Å². The maximum atomic E-state index is 12.4. The minimum Gasteiger partial charge on any atom is -0.340 e. The average Bonchev–Trinajstić information content (AvgIpc) is 2.60. The quantitative estimate of drug-likeness (QED) is 0.578. The maximum Gasteiger partial charge on any atom is 0.262 e. The molecule has 2 aromatic carbocycles. The molecule has 136 valence electrons. The van der Waals surface area contributed by atoms with Gasteiger partial charge < -0.3 is 5.32 Å². The number of hydrogen-bond donors (Lipinski definition) is 2. The number of carbonyl (C=O) groups excluding carboxylic acids is 2. The Morgan fingerprint density at radius 2 is 1.73 bits per heavy atom. The number of hydrogen-bond acceptors (Lipinski definition) is 3. The van der Waals surface area contributed by atoms with Gasteiger partial charge in [-0.25, -0.2) is 5.43 Å². The molecule has 2 rings (SSSR count). The van der Waals surface area contributed by atoms with E-state index in [1.807, 2.05) is 13.8 Å². The van der Waals surface area contributed by atoms with Crippen LogP contribution in [0.1, 0.15) is 29.8 Å². The van der Waals surface area contributed by atoms with Gasteiger partial charge in [0.1, 0.15) is 6.04 Å². The molecule has 0 radical (unpaired) electrons. The molecule has 26 heavy (non-hydrogen) atoms. The van der Waals surface area contributed by atoms with Gasteiger partial charge >= 0.3 is 0 Å². The molecule has 0 saturated heterocycles. The van der Waals surface area contributed by atoms with E-state index in [2.05, 4.69) is 15.8 Å². The van der Waals surface area contributed by atoms with Gasteiger partial charge in [-0.3, -0.25) is 9.59 Å². The smallest absolute Gasteiger partial charge is 0.262 e. The largest absolute Gasteiger partial charge is 0.340 e. The minimum absolute atomic E-state index is 0.121. The van der Waals surface area contributed by atoms with Crippen molar-refractivity contribution in [2.75, 3.05) is 0 Å². The van der Waals surface area contributed by atoms with E-state index in [1.165, 1.54) is 6.21 Å². The molecule has 2 amide bonds. The van der Waals surface area contributed by atoms with Crippen LogP contribution in [0, 0.1) is 5.92 Å². The van der Waals surface area contributed by atoms with Crippen LogP contribution in [-0.4, -0.2) is 24.1 Å². The van der Waals surface area contributed by atoms with Crippen molar-refractivity contribution in [1.82, 2.24) is 10.7 Å². The Hall–Kier alpha value is -2.37. The first-order valence-corrected chi connectivity index (χ1v) is 8.77. The lowest BCUT2D eigenvalue weighted by Crippen LogP contribution is -2.48. The van der Waals surface area contributed by atoms with Crippen LogP contribution in [0.2, 0.25) is 10.0 Å². The number of halogens is 2. The van der Waals surface area contributed by atoms with E-state index in [9.17, 15) is 9.59 Å². The predicted molar refractivity (Wildman–Crippen MR) is 105 cm³/mol. The summed E-state index contributed by atoms with van der Waals surface area (Å²) < 4.78 is 0. The summed E-state index contributed by atoms with van der Waals surface area (Å²) in [5.74, 6) is -0.896. The van der Waals surface area contributed by atoms with E-state index in [0.717, 1.165) is 5.56 Å². The normalized spacial score (nSPS) is 12.2. The molecule has 2 aromatic rings. The van der Waals surface area contributed by atoms with Crippen molar-refractivity contribution < 1.29 is 9.59 Å². The van der Waals surface area contributed by atoms with Gasteiger partial charge in [0.15, 0.2) is 0 Å². The first kappa shape index (κ1) is 19.9. The highest BCUT2D eigenvalue weighted by molar-refractivity contribution is 6.31. The second-order valence-corrected chi connectivity index (χ2v) is 6.86. The van der Waals surface area contributed by atoms with Crippen molar-refractivity contribution in [2.45, 2.75) is 19.9 Å². The SMILES string of the molecule is CC(C)C(NC(=O)c1cccc(Cl)c1)C(=O)N/N=C/c1ccc(Cl)cc1. The van der Waals surface area contributed by atoms with Crippen molar-refractivity contribution in [2.24, 2.45) is 11.0 Å². The van der Waals surface area contributed by atoms with Crippen molar-refractivity contribution >= 4 is 41.2 Å². The molecular weight excluding hydrogens is 373 g/mol. The fourth-order valence-electron chi connectivity index (χ4n) is 2.18. The monoisotopic (exact) mass is 391 g/mol. The van der Waals surface area contributed by atoms with Crippen LogP contribution >= 0.6 is 23.2 Å². The molecule has 2 N–H and O–H groups in total.